The average Bonchev–Trinajstić information content (AvgIpc) is 3.08. The van der Waals surface area contributed by atoms with Crippen molar-refractivity contribution in [1.29, 1.82) is 0 Å². The zero-order valence-electron chi connectivity index (χ0n) is 14.6. The monoisotopic (exact) mass is 393 g/mol. The van der Waals surface area contributed by atoms with Gasteiger partial charge in [0.05, 0.1) is 12.7 Å². The van der Waals surface area contributed by atoms with Gasteiger partial charge in [-0.05, 0) is 38.3 Å². The SMILES string of the molecule is NCCCC(N)(C(=O)O)C(F)F.Nc1ccn([C@H]2CC[C@@H](CO)O2)c(=O)n1. The second-order valence-corrected chi connectivity index (χ2v) is 6.05. The lowest BCUT2D eigenvalue weighted by Crippen LogP contribution is -2.54. The zero-order chi connectivity index (χ0) is 20.6. The number of ether oxygens (including phenoxy) is 1. The van der Waals surface area contributed by atoms with E-state index in [1.54, 1.807) is 12.3 Å². The molecule has 0 radical (unpaired) electrons. The summed E-state index contributed by atoms with van der Waals surface area (Å²) in [6.07, 6.45) is -0.697. The minimum Gasteiger partial charge on any atom is -0.480 e. The molecule has 2 heterocycles. The molecule has 1 aromatic rings. The number of aliphatic hydroxyl groups is 1. The van der Waals surface area contributed by atoms with E-state index in [1.807, 2.05) is 0 Å². The number of carboxylic acids is 1. The molecule has 27 heavy (non-hydrogen) atoms. The minimum atomic E-state index is -3.07. The first-order chi connectivity index (χ1) is 12.7. The lowest BCUT2D eigenvalue weighted by Gasteiger charge is -2.22. The first kappa shape index (κ1) is 22.9. The van der Waals surface area contributed by atoms with Crippen LogP contribution in [0, 0.1) is 0 Å². The van der Waals surface area contributed by atoms with E-state index in [4.69, 9.17) is 32.2 Å². The predicted octanol–water partition coefficient (Wildman–Crippen LogP) is -0.732. The van der Waals surface area contributed by atoms with Crippen molar-refractivity contribution in [2.24, 2.45) is 11.5 Å². The molecule has 1 saturated heterocycles. The van der Waals surface area contributed by atoms with E-state index in [9.17, 15) is 18.4 Å². The molecule has 1 aromatic heterocycles. The Hall–Kier alpha value is -2.15. The second kappa shape index (κ2) is 10.3. The molecule has 1 unspecified atom stereocenters. The summed E-state index contributed by atoms with van der Waals surface area (Å²) in [5, 5.41) is 17.3. The van der Waals surface area contributed by atoms with Crippen molar-refractivity contribution in [3.63, 3.8) is 0 Å². The summed E-state index contributed by atoms with van der Waals surface area (Å²) < 4.78 is 31.1. The quantitative estimate of drug-likeness (QED) is 0.399. The van der Waals surface area contributed by atoms with Crippen LogP contribution in [0.3, 0.4) is 0 Å². The molecule has 2 rings (SSSR count). The molecule has 1 aliphatic rings. The number of nitrogens with two attached hydrogens (primary N) is 3. The van der Waals surface area contributed by atoms with E-state index >= 15 is 0 Å². The fraction of sp³-hybridized carbons (Fsp3) is 0.667. The molecule has 3 atom stereocenters. The van der Waals surface area contributed by atoms with Crippen LogP contribution < -0.4 is 22.9 Å². The molecule has 10 nitrogen and oxygen atoms in total. The molecule has 0 spiro atoms. The van der Waals surface area contributed by atoms with Crippen molar-refractivity contribution in [3.05, 3.63) is 22.7 Å². The van der Waals surface area contributed by atoms with Crippen LogP contribution in [0.4, 0.5) is 14.6 Å². The molecule has 1 fully saturated rings. The van der Waals surface area contributed by atoms with Gasteiger partial charge in [0.1, 0.15) is 12.0 Å². The number of aromatic nitrogens is 2. The van der Waals surface area contributed by atoms with Crippen molar-refractivity contribution in [3.8, 4) is 0 Å². The number of alkyl halides is 2. The number of rotatable bonds is 7. The van der Waals surface area contributed by atoms with Crippen LogP contribution in [-0.4, -0.2) is 57.0 Å². The summed E-state index contributed by atoms with van der Waals surface area (Å²) in [6, 6.07) is 1.55. The molecule has 0 bridgehead atoms. The first-order valence-electron chi connectivity index (χ1n) is 8.27. The third-order valence-corrected chi connectivity index (χ3v) is 4.03. The largest absolute Gasteiger partial charge is 0.480 e. The number of halogens is 2. The lowest BCUT2D eigenvalue weighted by atomic mass is 9.95. The number of aliphatic carboxylic acids is 1. The normalized spacial score (nSPS) is 21.4. The molecule has 0 saturated carbocycles. The van der Waals surface area contributed by atoms with Crippen molar-refractivity contribution in [2.45, 2.75) is 50.0 Å². The van der Waals surface area contributed by atoms with E-state index in [2.05, 4.69) is 4.98 Å². The molecule has 0 aromatic carbocycles. The summed E-state index contributed by atoms with van der Waals surface area (Å²) in [7, 11) is 0. The maximum atomic E-state index is 12.1. The smallest absolute Gasteiger partial charge is 0.351 e. The van der Waals surface area contributed by atoms with Crippen LogP contribution in [0.2, 0.25) is 0 Å². The highest BCUT2D eigenvalue weighted by Crippen LogP contribution is 2.26. The van der Waals surface area contributed by atoms with Crippen molar-refractivity contribution < 1.29 is 28.5 Å². The highest BCUT2D eigenvalue weighted by molar-refractivity contribution is 5.79. The Bertz CT molecular complexity index is 674. The number of nitrogens with zero attached hydrogens (tertiary/aromatic N) is 2. The average molecular weight is 393 g/mol. The lowest BCUT2D eigenvalue weighted by molar-refractivity contribution is -0.150. The standard InChI is InChI=1S/C9H13N3O3.C6H12F2N2O2/c10-7-3-4-12(9(14)11-7)8-2-1-6(5-13)15-8;7-4(8)6(10,5(11)12)2-1-3-9/h3-4,6,8,13H,1-2,5H2,(H2,10,11,14);4H,1-3,9-10H2,(H,11,12)/t6-,8+;/m0./s1. The summed E-state index contributed by atoms with van der Waals surface area (Å²) in [4.78, 5) is 25.4. The number of hydrogen-bond acceptors (Lipinski definition) is 8. The Morgan fingerprint density at radius 3 is 2.59 bits per heavy atom. The van der Waals surface area contributed by atoms with Gasteiger partial charge in [-0.25, -0.2) is 18.4 Å². The van der Waals surface area contributed by atoms with Gasteiger partial charge in [0.2, 0.25) is 0 Å². The minimum absolute atomic E-state index is 0.0202. The summed E-state index contributed by atoms with van der Waals surface area (Å²) in [5.41, 5.74) is 12.5. The molecule has 1 aliphatic heterocycles. The molecule has 12 heteroatoms. The van der Waals surface area contributed by atoms with Crippen molar-refractivity contribution in [1.82, 2.24) is 9.55 Å². The number of hydrogen-bond donors (Lipinski definition) is 5. The third kappa shape index (κ3) is 6.20. The molecule has 8 N–H and O–H groups in total. The van der Waals surface area contributed by atoms with Crippen LogP contribution in [0.5, 0.6) is 0 Å². The summed E-state index contributed by atoms with van der Waals surface area (Å²) >= 11 is 0. The Kier molecular flexibility index (Phi) is 8.69. The Balaban J connectivity index is 0.000000279. The number of carbonyl (C=O) groups is 1. The van der Waals surface area contributed by atoms with Gasteiger partial charge in [-0.2, -0.15) is 4.98 Å². The number of aliphatic hydroxyl groups excluding tert-OH is 1. The highest BCUT2D eigenvalue weighted by atomic mass is 19.3. The number of nitrogen functional groups attached to an aromatic ring is 1. The summed E-state index contributed by atoms with van der Waals surface area (Å²) in [5.74, 6) is -1.49. The van der Waals surface area contributed by atoms with Crippen LogP contribution in [0.25, 0.3) is 0 Å². The molecule has 0 aliphatic carbocycles. The van der Waals surface area contributed by atoms with Gasteiger partial charge in [-0.3, -0.25) is 4.57 Å². The van der Waals surface area contributed by atoms with E-state index in [-0.39, 0.29) is 44.1 Å². The number of carboxylic acid groups (broad SMARTS) is 1. The van der Waals surface area contributed by atoms with Gasteiger partial charge in [-0.1, -0.05) is 0 Å². The topological polar surface area (TPSA) is 180 Å². The van der Waals surface area contributed by atoms with Gasteiger partial charge in [0.15, 0.2) is 5.54 Å². The fourth-order valence-electron chi connectivity index (χ4n) is 2.37. The van der Waals surface area contributed by atoms with Gasteiger partial charge < -0.3 is 32.2 Å². The summed E-state index contributed by atoms with van der Waals surface area (Å²) in [6.45, 7) is 0.132. The van der Waals surface area contributed by atoms with E-state index in [0.29, 0.717) is 6.42 Å². The van der Waals surface area contributed by atoms with E-state index in [0.717, 1.165) is 6.42 Å². The molecule has 154 valence electrons. The van der Waals surface area contributed by atoms with Gasteiger partial charge in [-0.15, -0.1) is 0 Å². The van der Waals surface area contributed by atoms with Crippen LogP contribution in [0.15, 0.2) is 17.1 Å². The Labute approximate surface area is 153 Å². The first-order valence-corrected chi connectivity index (χ1v) is 8.27. The predicted molar refractivity (Wildman–Crippen MR) is 92.0 cm³/mol. The zero-order valence-corrected chi connectivity index (χ0v) is 14.6. The van der Waals surface area contributed by atoms with Crippen molar-refractivity contribution >= 4 is 11.8 Å². The number of anilines is 1. The van der Waals surface area contributed by atoms with Crippen LogP contribution in [-0.2, 0) is 9.53 Å². The van der Waals surface area contributed by atoms with Gasteiger partial charge in [0.25, 0.3) is 6.43 Å². The Morgan fingerprint density at radius 1 is 1.48 bits per heavy atom. The van der Waals surface area contributed by atoms with Crippen LogP contribution in [0.1, 0.15) is 31.9 Å². The Morgan fingerprint density at radius 2 is 2.15 bits per heavy atom. The molecular formula is C15H25F2N5O5. The van der Waals surface area contributed by atoms with Gasteiger partial charge in [0, 0.05) is 6.20 Å². The van der Waals surface area contributed by atoms with Crippen LogP contribution >= 0.6 is 0 Å². The van der Waals surface area contributed by atoms with Crippen molar-refractivity contribution in [2.75, 3.05) is 18.9 Å². The second-order valence-electron chi connectivity index (χ2n) is 6.05. The van der Waals surface area contributed by atoms with Gasteiger partial charge >= 0.3 is 11.7 Å². The maximum absolute atomic E-state index is 12.1. The highest BCUT2D eigenvalue weighted by Gasteiger charge is 2.43. The molecule has 0 amide bonds. The molecular weight excluding hydrogens is 368 g/mol. The van der Waals surface area contributed by atoms with E-state index in [1.165, 1.54) is 4.57 Å². The maximum Gasteiger partial charge on any atom is 0.351 e. The third-order valence-electron chi connectivity index (χ3n) is 4.03. The van der Waals surface area contributed by atoms with E-state index < -0.39 is 23.6 Å². The fourth-order valence-corrected chi connectivity index (χ4v) is 2.37.